The maximum absolute atomic E-state index is 12.2. The summed E-state index contributed by atoms with van der Waals surface area (Å²) >= 11 is 1.86. The van der Waals surface area contributed by atoms with Crippen LogP contribution in [0.2, 0.25) is 0 Å². The van der Waals surface area contributed by atoms with Gasteiger partial charge in [-0.05, 0) is 24.3 Å². The zero-order valence-corrected chi connectivity index (χ0v) is 12.2. The van der Waals surface area contributed by atoms with Gasteiger partial charge in [0.2, 0.25) is 0 Å². The monoisotopic (exact) mass is 291 g/mol. The van der Waals surface area contributed by atoms with Gasteiger partial charge in [-0.3, -0.25) is 4.79 Å². The van der Waals surface area contributed by atoms with E-state index in [-0.39, 0.29) is 11.5 Å². The van der Waals surface area contributed by atoms with Crippen LogP contribution in [0.5, 0.6) is 0 Å². The highest BCUT2D eigenvalue weighted by molar-refractivity contribution is 7.99. The average molecular weight is 291 g/mol. The van der Waals surface area contributed by atoms with Crippen LogP contribution >= 0.6 is 11.8 Å². The topological polar surface area (TPSA) is 51.5 Å². The van der Waals surface area contributed by atoms with Crippen LogP contribution in [0.15, 0.2) is 34.7 Å². The lowest BCUT2D eigenvalue weighted by atomic mass is 10.0. The molecule has 5 heteroatoms. The fraction of sp³-hybridized carbons (Fsp3) is 0.400. The summed E-state index contributed by atoms with van der Waals surface area (Å²) in [6.07, 6.45) is 0.967. The third-order valence-corrected chi connectivity index (χ3v) is 4.94. The molecule has 4 nitrogen and oxygen atoms in total. The summed E-state index contributed by atoms with van der Waals surface area (Å²) < 4.78 is 11.1. The minimum absolute atomic E-state index is 0.186. The number of hydrogen-bond donors (Lipinski definition) is 1. The highest BCUT2D eigenvalue weighted by Crippen LogP contribution is 2.30. The van der Waals surface area contributed by atoms with Crippen molar-refractivity contribution in [3.63, 3.8) is 0 Å². The van der Waals surface area contributed by atoms with E-state index in [9.17, 15) is 4.79 Å². The van der Waals surface area contributed by atoms with Gasteiger partial charge in [-0.1, -0.05) is 18.2 Å². The Morgan fingerprint density at radius 2 is 2.35 bits per heavy atom. The second-order valence-electron chi connectivity index (χ2n) is 5.02. The van der Waals surface area contributed by atoms with E-state index >= 15 is 0 Å². The van der Waals surface area contributed by atoms with E-state index < -0.39 is 0 Å². The molecule has 2 aromatic rings. The Balaban J connectivity index is 1.69. The van der Waals surface area contributed by atoms with E-state index in [1.165, 1.54) is 0 Å². The second kappa shape index (κ2) is 5.50. The number of benzene rings is 1. The number of furan rings is 1. The summed E-state index contributed by atoms with van der Waals surface area (Å²) in [5, 5.41) is 3.86. The summed E-state index contributed by atoms with van der Waals surface area (Å²) in [6.45, 7) is 0.520. The first kappa shape index (κ1) is 13.5. The summed E-state index contributed by atoms with van der Waals surface area (Å²) in [4.78, 5) is 12.2. The Morgan fingerprint density at radius 3 is 3.05 bits per heavy atom. The highest BCUT2D eigenvalue weighted by Gasteiger charge is 2.34. The van der Waals surface area contributed by atoms with Crippen molar-refractivity contribution < 1.29 is 13.9 Å². The van der Waals surface area contributed by atoms with Crippen LogP contribution in [0.4, 0.5) is 0 Å². The molecule has 1 aliphatic rings. The van der Waals surface area contributed by atoms with Gasteiger partial charge < -0.3 is 14.5 Å². The van der Waals surface area contributed by atoms with Crippen molar-refractivity contribution in [2.24, 2.45) is 0 Å². The Kier molecular flexibility index (Phi) is 3.72. The summed E-state index contributed by atoms with van der Waals surface area (Å²) in [5.41, 5.74) is 0.502. The molecule has 20 heavy (non-hydrogen) atoms. The average Bonchev–Trinajstić information content (AvgIpc) is 3.12. The predicted molar refractivity (Wildman–Crippen MR) is 80.2 cm³/mol. The zero-order chi connectivity index (χ0) is 14.0. The molecule has 0 unspecified atom stereocenters. The third kappa shape index (κ3) is 2.55. The number of carbonyl (C=O) groups is 1. The van der Waals surface area contributed by atoms with E-state index in [1.54, 1.807) is 13.2 Å². The standard InChI is InChI=1S/C15H17NO3S/c1-18-15(6-7-20-10-15)9-16-14(17)13-8-11-4-2-3-5-12(11)19-13/h2-5,8H,6-7,9-10H2,1H3,(H,16,17)/t15-/m1/s1. The van der Waals surface area contributed by atoms with Gasteiger partial charge in [-0.25, -0.2) is 0 Å². The van der Waals surface area contributed by atoms with E-state index in [0.29, 0.717) is 12.3 Å². The lowest BCUT2D eigenvalue weighted by Gasteiger charge is -2.26. The van der Waals surface area contributed by atoms with Gasteiger partial charge in [0, 0.05) is 24.8 Å². The second-order valence-corrected chi connectivity index (χ2v) is 6.13. The van der Waals surface area contributed by atoms with Gasteiger partial charge in [-0.15, -0.1) is 0 Å². The van der Waals surface area contributed by atoms with Crippen molar-refractivity contribution in [3.05, 3.63) is 36.1 Å². The smallest absolute Gasteiger partial charge is 0.287 e. The lowest BCUT2D eigenvalue weighted by Crippen LogP contribution is -2.44. The first-order chi connectivity index (χ1) is 9.72. The highest BCUT2D eigenvalue weighted by atomic mass is 32.2. The van der Waals surface area contributed by atoms with Gasteiger partial charge in [0.15, 0.2) is 5.76 Å². The van der Waals surface area contributed by atoms with Gasteiger partial charge in [0.05, 0.1) is 5.60 Å². The van der Waals surface area contributed by atoms with E-state index in [0.717, 1.165) is 28.9 Å². The summed E-state index contributed by atoms with van der Waals surface area (Å²) in [7, 11) is 1.71. The van der Waals surface area contributed by atoms with Crippen molar-refractivity contribution in [2.45, 2.75) is 12.0 Å². The first-order valence-electron chi connectivity index (χ1n) is 6.62. The first-order valence-corrected chi connectivity index (χ1v) is 7.78. The normalized spacial score (nSPS) is 22.2. The van der Waals surface area contributed by atoms with Crippen LogP contribution < -0.4 is 5.32 Å². The van der Waals surface area contributed by atoms with Crippen LogP contribution in [-0.2, 0) is 4.74 Å². The maximum atomic E-state index is 12.2. The molecular formula is C15H17NO3S. The molecule has 1 atom stereocenters. The molecule has 1 amide bonds. The number of amides is 1. The van der Waals surface area contributed by atoms with Crippen LogP contribution in [0.3, 0.4) is 0 Å². The largest absolute Gasteiger partial charge is 0.451 e. The Hall–Kier alpha value is -1.46. The molecule has 1 fully saturated rings. The Morgan fingerprint density at radius 1 is 1.50 bits per heavy atom. The molecule has 2 heterocycles. The number of thioether (sulfide) groups is 1. The SMILES string of the molecule is CO[C@@]1(CNC(=O)c2cc3ccccc3o2)CCSC1. The molecule has 0 radical (unpaired) electrons. The molecule has 1 aliphatic heterocycles. The molecule has 0 bridgehead atoms. The molecule has 1 aromatic carbocycles. The third-order valence-electron chi connectivity index (χ3n) is 3.72. The fourth-order valence-electron chi connectivity index (χ4n) is 2.38. The number of hydrogen-bond acceptors (Lipinski definition) is 4. The van der Waals surface area contributed by atoms with Crippen molar-refractivity contribution in [1.82, 2.24) is 5.32 Å². The molecule has 0 saturated carbocycles. The number of rotatable bonds is 4. The molecule has 3 rings (SSSR count). The number of fused-ring (bicyclic) bond motifs is 1. The van der Waals surface area contributed by atoms with Crippen molar-refractivity contribution in [3.8, 4) is 0 Å². The van der Waals surface area contributed by atoms with E-state index in [1.807, 2.05) is 36.0 Å². The fourth-order valence-corrected chi connectivity index (χ4v) is 3.78. The van der Waals surface area contributed by atoms with Crippen LogP contribution in [0.1, 0.15) is 17.0 Å². The predicted octanol–water partition coefficient (Wildman–Crippen LogP) is 2.68. The van der Waals surface area contributed by atoms with Gasteiger partial charge in [-0.2, -0.15) is 11.8 Å². The number of para-hydroxylation sites is 1. The number of nitrogens with one attached hydrogen (secondary N) is 1. The summed E-state index contributed by atoms with van der Waals surface area (Å²) in [5.74, 6) is 2.16. The van der Waals surface area contributed by atoms with Gasteiger partial charge in [0.1, 0.15) is 5.58 Å². The van der Waals surface area contributed by atoms with Gasteiger partial charge in [0.25, 0.3) is 5.91 Å². The minimum atomic E-state index is -0.230. The number of ether oxygens (including phenoxy) is 1. The molecule has 0 spiro atoms. The molecule has 0 aliphatic carbocycles. The quantitative estimate of drug-likeness (QED) is 0.941. The lowest BCUT2D eigenvalue weighted by molar-refractivity contribution is 0.0135. The maximum Gasteiger partial charge on any atom is 0.287 e. The molecule has 1 N–H and O–H groups in total. The van der Waals surface area contributed by atoms with Crippen molar-refractivity contribution >= 4 is 28.6 Å². The summed E-state index contributed by atoms with van der Waals surface area (Å²) in [6, 6.07) is 9.38. The number of methoxy groups -OCH3 is 1. The van der Waals surface area contributed by atoms with Gasteiger partial charge >= 0.3 is 0 Å². The van der Waals surface area contributed by atoms with Crippen molar-refractivity contribution in [1.29, 1.82) is 0 Å². The molecule has 106 valence electrons. The van der Waals surface area contributed by atoms with Crippen LogP contribution in [0.25, 0.3) is 11.0 Å². The number of carbonyl (C=O) groups excluding carboxylic acids is 1. The Labute approximate surface area is 121 Å². The Bertz CT molecular complexity index is 583. The molecular weight excluding hydrogens is 274 g/mol. The van der Waals surface area contributed by atoms with E-state index in [2.05, 4.69) is 5.32 Å². The zero-order valence-electron chi connectivity index (χ0n) is 11.3. The molecule has 1 saturated heterocycles. The van der Waals surface area contributed by atoms with Crippen LogP contribution in [-0.4, -0.2) is 36.7 Å². The minimum Gasteiger partial charge on any atom is -0.451 e. The van der Waals surface area contributed by atoms with Crippen molar-refractivity contribution in [2.75, 3.05) is 25.2 Å². The van der Waals surface area contributed by atoms with Crippen LogP contribution in [0, 0.1) is 0 Å². The van der Waals surface area contributed by atoms with E-state index in [4.69, 9.17) is 9.15 Å². The molecule has 1 aromatic heterocycles.